The smallest absolute Gasteiger partial charge is 0.225 e. The summed E-state index contributed by atoms with van der Waals surface area (Å²) in [4.78, 5) is 16.3. The van der Waals surface area contributed by atoms with Crippen molar-refractivity contribution in [2.45, 2.75) is 17.1 Å². The average molecular weight is 350 g/mol. The molecule has 0 fully saturated rings. The highest BCUT2D eigenvalue weighted by atomic mass is 32.2. The van der Waals surface area contributed by atoms with E-state index >= 15 is 0 Å². The van der Waals surface area contributed by atoms with Gasteiger partial charge in [0.1, 0.15) is 0 Å². The average Bonchev–Trinajstić information content (AvgIpc) is 2.52. The first-order chi connectivity index (χ1) is 11.0. The molecule has 2 rings (SSSR count). The fourth-order valence-corrected chi connectivity index (χ4v) is 3.63. The fourth-order valence-electron chi connectivity index (χ4n) is 1.93. The zero-order valence-corrected chi connectivity index (χ0v) is 14.4. The number of rotatable bonds is 7. The van der Waals surface area contributed by atoms with Crippen LogP contribution in [0.2, 0.25) is 0 Å². The molecule has 1 aromatic carbocycles. The standard InChI is InChI=1S/C16H18N2O3S2/c1-23(20,21)15-8-3-2-7-14(15)18-16(19)9-11-22-12-13-6-4-5-10-17-13/h2-8,10H,9,11-12H2,1H3,(H,18,19). The zero-order chi connectivity index (χ0) is 16.7. The van der Waals surface area contributed by atoms with E-state index < -0.39 is 9.84 Å². The van der Waals surface area contributed by atoms with Crippen molar-refractivity contribution >= 4 is 33.2 Å². The van der Waals surface area contributed by atoms with Gasteiger partial charge in [0.05, 0.1) is 16.3 Å². The lowest BCUT2D eigenvalue weighted by Gasteiger charge is -2.09. The summed E-state index contributed by atoms with van der Waals surface area (Å²) >= 11 is 1.61. The molecule has 0 unspecified atom stereocenters. The van der Waals surface area contributed by atoms with E-state index in [-0.39, 0.29) is 10.8 Å². The fraction of sp³-hybridized carbons (Fsp3) is 0.250. The van der Waals surface area contributed by atoms with Crippen LogP contribution in [0, 0.1) is 0 Å². The van der Waals surface area contributed by atoms with Crippen LogP contribution in [0.15, 0.2) is 53.6 Å². The van der Waals surface area contributed by atoms with Crippen LogP contribution in [0.1, 0.15) is 12.1 Å². The predicted molar refractivity (Wildman–Crippen MR) is 93.2 cm³/mol. The van der Waals surface area contributed by atoms with Crippen LogP contribution >= 0.6 is 11.8 Å². The maximum absolute atomic E-state index is 12.0. The summed E-state index contributed by atoms with van der Waals surface area (Å²) in [5.41, 5.74) is 1.30. The molecule has 0 aliphatic heterocycles. The van der Waals surface area contributed by atoms with E-state index in [2.05, 4.69) is 10.3 Å². The Kier molecular flexibility index (Phi) is 6.18. The van der Waals surface area contributed by atoms with E-state index in [0.717, 1.165) is 17.7 Å². The summed E-state index contributed by atoms with van der Waals surface area (Å²) in [6, 6.07) is 12.1. The van der Waals surface area contributed by atoms with Crippen molar-refractivity contribution in [1.29, 1.82) is 0 Å². The van der Waals surface area contributed by atoms with Crippen LogP contribution in [0.3, 0.4) is 0 Å². The van der Waals surface area contributed by atoms with Gasteiger partial charge >= 0.3 is 0 Å². The number of para-hydroxylation sites is 1. The van der Waals surface area contributed by atoms with E-state index in [1.807, 2.05) is 18.2 Å². The molecule has 2 aromatic rings. The molecule has 1 heterocycles. The van der Waals surface area contributed by atoms with E-state index in [4.69, 9.17) is 0 Å². The number of amides is 1. The van der Waals surface area contributed by atoms with Gasteiger partial charge < -0.3 is 5.32 Å². The van der Waals surface area contributed by atoms with Crippen LogP contribution in [-0.2, 0) is 20.4 Å². The Morgan fingerprint density at radius 2 is 1.91 bits per heavy atom. The molecule has 0 spiro atoms. The lowest BCUT2D eigenvalue weighted by atomic mass is 10.3. The van der Waals surface area contributed by atoms with Crippen molar-refractivity contribution in [2.24, 2.45) is 0 Å². The van der Waals surface area contributed by atoms with E-state index in [9.17, 15) is 13.2 Å². The maximum Gasteiger partial charge on any atom is 0.225 e. The second-order valence-corrected chi connectivity index (χ2v) is 8.03. The van der Waals surface area contributed by atoms with Crippen LogP contribution in [0.25, 0.3) is 0 Å². The van der Waals surface area contributed by atoms with Crippen LogP contribution in [0.5, 0.6) is 0 Å². The van der Waals surface area contributed by atoms with E-state index in [1.165, 1.54) is 6.07 Å². The van der Waals surface area contributed by atoms with Crippen molar-refractivity contribution in [1.82, 2.24) is 4.98 Å². The number of carbonyl (C=O) groups is 1. The molecule has 5 nitrogen and oxygen atoms in total. The Morgan fingerprint density at radius 3 is 2.61 bits per heavy atom. The normalized spacial score (nSPS) is 11.2. The number of thioether (sulfide) groups is 1. The molecule has 0 atom stereocenters. The van der Waals surface area contributed by atoms with Gasteiger partial charge in [-0.2, -0.15) is 11.8 Å². The lowest BCUT2D eigenvalue weighted by Crippen LogP contribution is -2.14. The van der Waals surface area contributed by atoms with Gasteiger partial charge in [-0.15, -0.1) is 0 Å². The monoisotopic (exact) mass is 350 g/mol. The molecule has 0 bridgehead atoms. The Bertz CT molecular complexity index is 762. The first-order valence-corrected chi connectivity index (χ1v) is 10.1. The molecule has 7 heteroatoms. The Balaban J connectivity index is 1.84. The minimum absolute atomic E-state index is 0.134. The molecule has 0 aliphatic rings. The van der Waals surface area contributed by atoms with Crippen LogP contribution in [0.4, 0.5) is 5.69 Å². The third-order valence-corrected chi connectivity index (χ3v) is 5.16. The number of nitrogens with zero attached hydrogens (tertiary/aromatic N) is 1. The molecule has 0 saturated heterocycles. The SMILES string of the molecule is CS(=O)(=O)c1ccccc1NC(=O)CCSCc1ccccn1. The lowest BCUT2D eigenvalue weighted by molar-refractivity contribution is -0.115. The minimum Gasteiger partial charge on any atom is -0.325 e. The van der Waals surface area contributed by atoms with Gasteiger partial charge in [0.25, 0.3) is 0 Å². The van der Waals surface area contributed by atoms with Gasteiger partial charge in [-0.25, -0.2) is 8.42 Å². The number of carbonyl (C=O) groups excluding carboxylic acids is 1. The number of hydrogen-bond donors (Lipinski definition) is 1. The number of benzene rings is 1. The molecular formula is C16H18N2O3S2. The molecule has 0 radical (unpaired) electrons. The van der Waals surface area contributed by atoms with Gasteiger partial charge in [-0.1, -0.05) is 18.2 Å². The number of sulfone groups is 1. The molecule has 1 aromatic heterocycles. The topological polar surface area (TPSA) is 76.1 Å². The van der Waals surface area contributed by atoms with Gasteiger partial charge in [0, 0.05) is 30.4 Å². The third-order valence-electron chi connectivity index (χ3n) is 3.01. The van der Waals surface area contributed by atoms with E-state index in [0.29, 0.717) is 17.9 Å². The number of nitrogens with one attached hydrogen (secondary N) is 1. The third kappa shape index (κ3) is 5.69. The molecule has 0 saturated carbocycles. The summed E-state index contributed by atoms with van der Waals surface area (Å²) in [6.07, 6.45) is 3.18. The molecule has 0 aliphatic carbocycles. The molecule has 23 heavy (non-hydrogen) atoms. The predicted octanol–water partition coefficient (Wildman–Crippen LogP) is 2.75. The molecule has 1 amide bonds. The summed E-state index contributed by atoms with van der Waals surface area (Å²) in [5, 5.41) is 2.67. The quantitative estimate of drug-likeness (QED) is 0.777. The second kappa shape index (κ2) is 8.12. The van der Waals surface area contributed by atoms with Gasteiger partial charge in [0.2, 0.25) is 5.91 Å². The van der Waals surface area contributed by atoms with Crippen molar-refractivity contribution in [3.05, 3.63) is 54.4 Å². The van der Waals surface area contributed by atoms with Gasteiger partial charge in [-0.05, 0) is 24.3 Å². The Hall–Kier alpha value is -1.86. The van der Waals surface area contributed by atoms with Crippen LogP contribution in [-0.4, -0.2) is 31.3 Å². The first-order valence-electron chi connectivity index (χ1n) is 7.03. The zero-order valence-electron chi connectivity index (χ0n) is 12.7. The van der Waals surface area contributed by atoms with E-state index in [1.54, 1.807) is 36.2 Å². The van der Waals surface area contributed by atoms with Gasteiger partial charge in [0.15, 0.2) is 9.84 Å². The minimum atomic E-state index is -3.37. The summed E-state index contributed by atoms with van der Waals surface area (Å²) < 4.78 is 23.4. The highest BCUT2D eigenvalue weighted by molar-refractivity contribution is 7.98. The summed E-state index contributed by atoms with van der Waals surface area (Å²) in [7, 11) is -3.37. The number of aromatic nitrogens is 1. The van der Waals surface area contributed by atoms with Gasteiger partial charge in [-0.3, -0.25) is 9.78 Å². The van der Waals surface area contributed by atoms with Crippen molar-refractivity contribution in [3.63, 3.8) is 0 Å². The number of pyridine rings is 1. The largest absolute Gasteiger partial charge is 0.325 e. The molecule has 122 valence electrons. The second-order valence-electron chi connectivity index (χ2n) is 4.94. The van der Waals surface area contributed by atoms with Crippen LogP contribution < -0.4 is 5.32 Å². The highest BCUT2D eigenvalue weighted by Crippen LogP contribution is 2.21. The number of anilines is 1. The van der Waals surface area contributed by atoms with Crippen molar-refractivity contribution in [3.8, 4) is 0 Å². The Labute approximate surface area is 140 Å². The molecule has 1 N–H and O–H groups in total. The summed E-state index contributed by atoms with van der Waals surface area (Å²) in [5.74, 6) is 1.19. The van der Waals surface area contributed by atoms with Crippen molar-refractivity contribution < 1.29 is 13.2 Å². The molecular weight excluding hydrogens is 332 g/mol. The summed E-state index contributed by atoms with van der Waals surface area (Å²) in [6.45, 7) is 0. The van der Waals surface area contributed by atoms with Crippen molar-refractivity contribution in [2.75, 3.05) is 17.3 Å². The highest BCUT2D eigenvalue weighted by Gasteiger charge is 2.14. The Morgan fingerprint density at radius 1 is 1.17 bits per heavy atom. The maximum atomic E-state index is 12.0. The number of hydrogen-bond acceptors (Lipinski definition) is 5. The first kappa shape index (κ1) is 17.5.